The van der Waals surface area contributed by atoms with Gasteiger partial charge in [0.1, 0.15) is 5.78 Å². The van der Waals surface area contributed by atoms with Gasteiger partial charge in [-0.1, -0.05) is 78.6 Å². The Morgan fingerprint density at radius 3 is 1.76 bits per heavy atom. The van der Waals surface area contributed by atoms with Crippen LogP contribution >= 0.6 is 0 Å². The number of carbonyl (C=O) groups is 1. The molecule has 126 valence electrons. The Morgan fingerprint density at radius 2 is 1.33 bits per heavy atom. The third-order valence-corrected chi connectivity index (χ3v) is 4.27. The molecule has 0 bridgehead atoms. The molecule has 0 saturated heterocycles. The van der Waals surface area contributed by atoms with E-state index in [0.29, 0.717) is 18.2 Å². The quantitative estimate of drug-likeness (QED) is 0.406. The minimum atomic E-state index is 0.101. The maximum atomic E-state index is 12.1. The third-order valence-electron chi connectivity index (χ3n) is 4.27. The predicted octanol–water partition coefficient (Wildman–Crippen LogP) is 5.49. The van der Waals surface area contributed by atoms with Gasteiger partial charge in [0, 0.05) is 18.9 Å². The highest BCUT2D eigenvalue weighted by molar-refractivity contribution is 5.81. The number of Topliss-reactive ketones (excluding diaryl/α,β-unsaturated/α-hetero) is 1. The molecule has 0 radical (unpaired) electrons. The van der Waals surface area contributed by atoms with Crippen molar-refractivity contribution in [2.75, 3.05) is 6.54 Å². The molecule has 2 heteroatoms. The van der Waals surface area contributed by atoms with Crippen LogP contribution in [0, 0.1) is 11.8 Å². The second-order valence-corrected chi connectivity index (χ2v) is 6.96. The number of hydrogen-bond donors (Lipinski definition) is 1. The molecule has 0 aromatic rings. The number of hydrogen-bond acceptors (Lipinski definition) is 2. The lowest BCUT2D eigenvalue weighted by Crippen LogP contribution is -2.25. The van der Waals surface area contributed by atoms with E-state index in [-0.39, 0.29) is 5.92 Å². The minimum Gasteiger partial charge on any atom is -0.330 e. The summed E-state index contributed by atoms with van der Waals surface area (Å²) in [6.45, 7) is 7.11. The van der Waals surface area contributed by atoms with Crippen LogP contribution in [-0.2, 0) is 4.79 Å². The summed E-state index contributed by atoms with van der Waals surface area (Å²) in [5.74, 6) is 1.06. The molecule has 2 nitrogen and oxygen atoms in total. The van der Waals surface area contributed by atoms with Gasteiger partial charge in [-0.05, 0) is 18.8 Å². The molecular weight excluding hydrogens is 258 g/mol. The summed E-state index contributed by atoms with van der Waals surface area (Å²) in [6, 6.07) is 0. The Hall–Kier alpha value is -0.370. The van der Waals surface area contributed by atoms with Gasteiger partial charge in [0.2, 0.25) is 0 Å². The van der Waals surface area contributed by atoms with E-state index >= 15 is 0 Å². The molecule has 0 rings (SSSR count). The standard InChI is InChI=1S/C19H39NO/c1-4-5-6-7-8-9-10-11-12-13-14-19(21)18(16-20)15-17(2)3/h17-18H,4-16,20H2,1-3H3. The van der Waals surface area contributed by atoms with E-state index < -0.39 is 0 Å². The van der Waals surface area contributed by atoms with Crippen molar-refractivity contribution >= 4 is 5.78 Å². The van der Waals surface area contributed by atoms with Crippen LogP contribution in [0.2, 0.25) is 0 Å². The normalized spacial score (nSPS) is 12.8. The van der Waals surface area contributed by atoms with Gasteiger partial charge in [0.05, 0.1) is 0 Å². The third kappa shape index (κ3) is 13.0. The summed E-state index contributed by atoms with van der Waals surface area (Å²) >= 11 is 0. The first kappa shape index (κ1) is 20.6. The smallest absolute Gasteiger partial charge is 0.137 e. The monoisotopic (exact) mass is 297 g/mol. The molecule has 0 aliphatic carbocycles. The largest absolute Gasteiger partial charge is 0.330 e. The van der Waals surface area contributed by atoms with Crippen LogP contribution in [0.15, 0.2) is 0 Å². The Bertz CT molecular complexity index is 238. The number of ketones is 1. The first-order valence-corrected chi connectivity index (χ1v) is 9.34. The molecule has 1 atom stereocenters. The number of unbranched alkanes of at least 4 members (excludes halogenated alkanes) is 9. The van der Waals surface area contributed by atoms with Crippen molar-refractivity contribution in [2.24, 2.45) is 17.6 Å². The Labute approximate surface area is 133 Å². The van der Waals surface area contributed by atoms with E-state index in [0.717, 1.165) is 19.3 Å². The van der Waals surface area contributed by atoms with Crippen LogP contribution in [0.4, 0.5) is 0 Å². The minimum absolute atomic E-state index is 0.101. The molecule has 0 aliphatic rings. The van der Waals surface area contributed by atoms with Gasteiger partial charge in [-0.3, -0.25) is 4.79 Å². The molecule has 0 aromatic carbocycles. The lowest BCUT2D eigenvalue weighted by Gasteiger charge is -2.15. The maximum Gasteiger partial charge on any atom is 0.137 e. The van der Waals surface area contributed by atoms with Crippen LogP contribution < -0.4 is 5.73 Å². The van der Waals surface area contributed by atoms with Crippen molar-refractivity contribution in [3.8, 4) is 0 Å². The fraction of sp³-hybridized carbons (Fsp3) is 0.947. The van der Waals surface area contributed by atoms with E-state index in [9.17, 15) is 4.79 Å². The number of carbonyl (C=O) groups excluding carboxylic acids is 1. The summed E-state index contributed by atoms with van der Waals surface area (Å²) in [7, 11) is 0. The topological polar surface area (TPSA) is 43.1 Å². The van der Waals surface area contributed by atoms with Gasteiger partial charge >= 0.3 is 0 Å². The van der Waals surface area contributed by atoms with E-state index in [2.05, 4.69) is 20.8 Å². The molecule has 0 amide bonds. The number of rotatable bonds is 15. The van der Waals surface area contributed by atoms with Gasteiger partial charge in [0.25, 0.3) is 0 Å². The van der Waals surface area contributed by atoms with Crippen molar-refractivity contribution in [2.45, 2.75) is 97.8 Å². The highest BCUT2D eigenvalue weighted by Gasteiger charge is 2.17. The first-order chi connectivity index (χ1) is 10.1. The summed E-state index contributed by atoms with van der Waals surface area (Å²) in [4.78, 5) is 12.1. The lowest BCUT2D eigenvalue weighted by atomic mass is 9.90. The Kier molecular flexibility index (Phi) is 14.3. The molecule has 0 saturated carbocycles. The van der Waals surface area contributed by atoms with Crippen molar-refractivity contribution in [3.05, 3.63) is 0 Å². The van der Waals surface area contributed by atoms with Crippen molar-refractivity contribution in [1.29, 1.82) is 0 Å². The fourth-order valence-electron chi connectivity index (χ4n) is 2.92. The molecular formula is C19H39NO. The Balaban J connectivity index is 3.43. The summed E-state index contributed by atoms with van der Waals surface area (Å²) < 4.78 is 0. The van der Waals surface area contributed by atoms with Crippen LogP contribution in [0.25, 0.3) is 0 Å². The summed E-state index contributed by atoms with van der Waals surface area (Å²) in [5, 5.41) is 0. The average molecular weight is 298 g/mol. The van der Waals surface area contributed by atoms with Gasteiger partial charge in [-0.15, -0.1) is 0 Å². The SMILES string of the molecule is CCCCCCCCCCCCC(=O)C(CN)CC(C)C. The van der Waals surface area contributed by atoms with E-state index in [1.165, 1.54) is 57.8 Å². The molecule has 0 aliphatic heterocycles. The van der Waals surface area contributed by atoms with Gasteiger partial charge in [-0.25, -0.2) is 0 Å². The zero-order valence-corrected chi connectivity index (χ0v) is 14.8. The van der Waals surface area contributed by atoms with E-state index in [4.69, 9.17) is 5.73 Å². The zero-order chi connectivity index (χ0) is 15.9. The van der Waals surface area contributed by atoms with Gasteiger partial charge in [-0.2, -0.15) is 0 Å². The molecule has 0 heterocycles. The average Bonchev–Trinajstić information content (AvgIpc) is 2.46. The second kappa shape index (κ2) is 14.6. The van der Waals surface area contributed by atoms with Crippen LogP contribution in [0.5, 0.6) is 0 Å². The first-order valence-electron chi connectivity index (χ1n) is 9.34. The molecule has 0 fully saturated rings. The fourth-order valence-corrected chi connectivity index (χ4v) is 2.92. The second-order valence-electron chi connectivity index (χ2n) is 6.96. The predicted molar refractivity (Wildman–Crippen MR) is 93.5 cm³/mol. The maximum absolute atomic E-state index is 12.1. The van der Waals surface area contributed by atoms with E-state index in [1.807, 2.05) is 0 Å². The molecule has 2 N–H and O–H groups in total. The van der Waals surface area contributed by atoms with Crippen LogP contribution in [0.1, 0.15) is 97.8 Å². The highest BCUT2D eigenvalue weighted by Crippen LogP contribution is 2.16. The lowest BCUT2D eigenvalue weighted by molar-refractivity contribution is -0.123. The molecule has 21 heavy (non-hydrogen) atoms. The van der Waals surface area contributed by atoms with Gasteiger partial charge in [0.15, 0.2) is 0 Å². The molecule has 1 unspecified atom stereocenters. The van der Waals surface area contributed by atoms with Crippen LogP contribution in [-0.4, -0.2) is 12.3 Å². The highest BCUT2D eigenvalue weighted by atomic mass is 16.1. The van der Waals surface area contributed by atoms with Crippen LogP contribution in [0.3, 0.4) is 0 Å². The Morgan fingerprint density at radius 1 is 0.857 bits per heavy atom. The molecule has 0 spiro atoms. The number of nitrogens with two attached hydrogens (primary N) is 1. The molecule has 0 aromatic heterocycles. The van der Waals surface area contributed by atoms with E-state index in [1.54, 1.807) is 0 Å². The summed E-state index contributed by atoms with van der Waals surface area (Å²) in [6.07, 6.45) is 14.9. The zero-order valence-electron chi connectivity index (χ0n) is 14.8. The van der Waals surface area contributed by atoms with Gasteiger partial charge < -0.3 is 5.73 Å². The summed E-state index contributed by atoms with van der Waals surface area (Å²) in [5.41, 5.74) is 5.72. The van der Waals surface area contributed by atoms with Crippen molar-refractivity contribution < 1.29 is 4.79 Å². The van der Waals surface area contributed by atoms with Crippen molar-refractivity contribution in [1.82, 2.24) is 0 Å². The van der Waals surface area contributed by atoms with Crippen molar-refractivity contribution in [3.63, 3.8) is 0 Å².